The van der Waals surface area contributed by atoms with Crippen LogP contribution in [0.3, 0.4) is 0 Å². The van der Waals surface area contributed by atoms with Gasteiger partial charge in [0.15, 0.2) is 5.65 Å². The van der Waals surface area contributed by atoms with Gasteiger partial charge in [0, 0.05) is 12.1 Å². The number of nitriles is 1. The smallest absolute Gasteiger partial charge is 0.335 e. The van der Waals surface area contributed by atoms with E-state index in [4.69, 9.17) is 4.98 Å². The first kappa shape index (κ1) is 21.0. The van der Waals surface area contributed by atoms with Crippen LogP contribution < -0.4 is 4.90 Å². The van der Waals surface area contributed by atoms with Crippen LogP contribution in [-0.2, 0) is 0 Å². The predicted molar refractivity (Wildman–Crippen MR) is 129 cm³/mol. The van der Waals surface area contributed by atoms with Crippen LogP contribution in [0.5, 0.6) is 0 Å². The van der Waals surface area contributed by atoms with Gasteiger partial charge in [-0.3, -0.25) is 9.30 Å². The summed E-state index contributed by atoms with van der Waals surface area (Å²) in [7, 11) is 4.15. The second-order valence-corrected chi connectivity index (χ2v) is 8.74. The third-order valence-corrected chi connectivity index (χ3v) is 6.57. The van der Waals surface area contributed by atoms with Gasteiger partial charge in [0.1, 0.15) is 11.9 Å². The molecule has 2 aromatic carbocycles. The summed E-state index contributed by atoms with van der Waals surface area (Å²) in [5, 5.41) is 19.8. The van der Waals surface area contributed by atoms with Crippen LogP contribution in [-0.4, -0.2) is 52.2 Å². The van der Waals surface area contributed by atoms with Crippen molar-refractivity contribution < 1.29 is 9.90 Å². The number of imidazole rings is 1. The quantitative estimate of drug-likeness (QED) is 0.503. The van der Waals surface area contributed by atoms with Crippen LogP contribution >= 0.6 is 0 Å². The fourth-order valence-electron chi connectivity index (χ4n) is 5.07. The minimum atomic E-state index is -0.974. The molecule has 1 unspecified atom stereocenters. The van der Waals surface area contributed by atoms with Gasteiger partial charge in [0.25, 0.3) is 0 Å². The number of aromatic carboxylic acids is 1. The van der Waals surface area contributed by atoms with Crippen molar-refractivity contribution in [1.29, 1.82) is 5.26 Å². The first-order chi connectivity index (χ1) is 15.9. The maximum atomic E-state index is 11.7. The number of carbonyl (C=O) groups is 1. The first-order valence-electron chi connectivity index (χ1n) is 11.0. The molecule has 1 N–H and O–H groups in total. The Morgan fingerprint density at radius 2 is 2.00 bits per heavy atom. The van der Waals surface area contributed by atoms with Crippen LogP contribution in [0.25, 0.3) is 27.8 Å². The van der Waals surface area contributed by atoms with Gasteiger partial charge in [0.05, 0.1) is 28.3 Å². The second kappa shape index (κ2) is 7.91. The summed E-state index contributed by atoms with van der Waals surface area (Å²) in [6.07, 6.45) is 2.25. The lowest BCUT2D eigenvalue weighted by Gasteiger charge is -2.34. The van der Waals surface area contributed by atoms with Crippen molar-refractivity contribution in [2.45, 2.75) is 25.9 Å². The fraction of sp³-hybridized carbons (Fsp3) is 0.269. The Hall–Kier alpha value is -3.89. The molecular weight excluding hydrogens is 414 g/mol. The van der Waals surface area contributed by atoms with E-state index in [2.05, 4.69) is 34.4 Å². The molecule has 1 fully saturated rings. The van der Waals surface area contributed by atoms with Gasteiger partial charge in [-0.15, -0.1) is 0 Å². The average Bonchev–Trinajstić information content (AvgIpc) is 3.43. The topological polar surface area (TPSA) is 84.9 Å². The van der Waals surface area contributed by atoms with Crippen LogP contribution in [0.1, 0.15) is 34.3 Å². The first-order valence-corrected chi connectivity index (χ1v) is 11.0. The molecule has 1 atom stereocenters. The van der Waals surface area contributed by atoms with E-state index in [-0.39, 0.29) is 11.7 Å². The molecule has 0 bridgehead atoms. The van der Waals surface area contributed by atoms with Gasteiger partial charge in [-0.25, -0.2) is 9.78 Å². The summed E-state index contributed by atoms with van der Waals surface area (Å²) in [6, 6.07) is 17.2. The lowest BCUT2D eigenvalue weighted by atomic mass is 9.95. The van der Waals surface area contributed by atoms with E-state index in [1.807, 2.05) is 37.3 Å². The summed E-state index contributed by atoms with van der Waals surface area (Å²) >= 11 is 0. The minimum absolute atomic E-state index is 0.183. The summed E-state index contributed by atoms with van der Waals surface area (Å²) in [6.45, 7) is 2.80. The van der Waals surface area contributed by atoms with Gasteiger partial charge in [-0.1, -0.05) is 24.3 Å². The number of anilines is 1. The number of hydrogen-bond acceptors (Lipinski definition) is 5. The van der Waals surface area contributed by atoms with E-state index in [1.165, 1.54) is 0 Å². The fourth-order valence-corrected chi connectivity index (χ4v) is 5.07. The van der Waals surface area contributed by atoms with Crippen molar-refractivity contribution in [2.75, 3.05) is 25.5 Å². The second-order valence-electron chi connectivity index (χ2n) is 8.74. The van der Waals surface area contributed by atoms with Gasteiger partial charge in [-0.05, 0) is 69.3 Å². The molecule has 7 heteroatoms. The number of carboxylic acids is 1. The number of para-hydroxylation sites is 2. The standard InChI is InChI=1S/C26H25N5O2/c1-16-19(15-27)24-28-20-10-4-5-11-21(20)31(24)25(30-13-7-12-22(30)29(2)3)23(16)17-8-6-9-18(14-17)26(32)33/h4-6,8-11,14,22H,7,12-13H2,1-3H3,(H,32,33). The summed E-state index contributed by atoms with van der Waals surface area (Å²) in [4.78, 5) is 21.2. The highest BCUT2D eigenvalue weighted by Crippen LogP contribution is 2.42. The number of nitrogens with zero attached hydrogens (tertiary/aromatic N) is 5. The molecular formula is C26H25N5O2. The predicted octanol–water partition coefficient (Wildman–Crippen LogP) is 4.52. The zero-order valence-electron chi connectivity index (χ0n) is 18.9. The highest BCUT2D eigenvalue weighted by Gasteiger charge is 2.33. The number of pyridine rings is 1. The molecule has 0 aliphatic carbocycles. The maximum Gasteiger partial charge on any atom is 0.335 e. The molecule has 0 saturated carbocycles. The molecule has 3 heterocycles. The molecule has 0 amide bonds. The lowest BCUT2D eigenvalue weighted by molar-refractivity contribution is 0.0697. The molecule has 0 spiro atoms. The Kier molecular flexibility index (Phi) is 5.03. The number of carboxylic acid groups (broad SMARTS) is 1. The molecule has 1 saturated heterocycles. The Bertz CT molecular complexity index is 1450. The number of hydrogen-bond donors (Lipinski definition) is 1. The van der Waals surface area contributed by atoms with Crippen LogP contribution in [0.15, 0.2) is 48.5 Å². The normalized spacial score (nSPS) is 16.1. The third kappa shape index (κ3) is 3.22. The lowest BCUT2D eigenvalue weighted by Crippen LogP contribution is -2.41. The number of benzene rings is 2. The van der Waals surface area contributed by atoms with Crippen LogP contribution in [0.4, 0.5) is 5.82 Å². The SMILES string of the molecule is Cc1c(-c2cccc(C(=O)O)c2)c(N2CCCC2N(C)C)n2c(nc3ccccc32)c1C#N. The average molecular weight is 440 g/mol. The van der Waals surface area contributed by atoms with E-state index in [1.54, 1.807) is 18.2 Å². The molecule has 33 heavy (non-hydrogen) atoms. The van der Waals surface area contributed by atoms with Crippen LogP contribution in [0.2, 0.25) is 0 Å². The molecule has 1 aliphatic rings. The molecule has 2 aromatic heterocycles. The zero-order valence-corrected chi connectivity index (χ0v) is 18.9. The third-order valence-electron chi connectivity index (χ3n) is 6.57. The van der Waals surface area contributed by atoms with Crippen molar-refractivity contribution >= 4 is 28.5 Å². The van der Waals surface area contributed by atoms with Gasteiger partial charge < -0.3 is 10.0 Å². The van der Waals surface area contributed by atoms with E-state index < -0.39 is 5.97 Å². The largest absolute Gasteiger partial charge is 0.478 e. The van der Waals surface area contributed by atoms with Crippen molar-refractivity contribution in [1.82, 2.24) is 14.3 Å². The molecule has 5 rings (SSSR count). The number of rotatable bonds is 4. The van der Waals surface area contributed by atoms with Crippen molar-refractivity contribution in [2.24, 2.45) is 0 Å². The molecule has 4 aromatic rings. The van der Waals surface area contributed by atoms with E-state index in [9.17, 15) is 15.2 Å². The van der Waals surface area contributed by atoms with Crippen molar-refractivity contribution in [3.05, 3.63) is 65.2 Å². The van der Waals surface area contributed by atoms with Gasteiger partial charge in [-0.2, -0.15) is 5.26 Å². The summed E-state index contributed by atoms with van der Waals surface area (Å²) in [5.41, 5.74) is 5.58. The van der Waals surface area contributed by atoms with Crippen molar-refractivity contribution in [3.63, 3.8) is 0 Å². The molecule has 1 aliphatic heterocycles. The Morgan fingerprint density at radius 1 is 1.21 bits per heavy atom. The monoisotopic (exact) mass is 439 g/mol. The Balaban J connectivity index is 1.96. The van der Waals surface area contributed by atoms with E-state index >= 15 is 0 Å². The highest BCUT2D eigenvalue weighted by atomic mass is 16.4. The Morgan fingerprint density at radius 3 is 2.73 bits per heavy atom. The highest BCUT2D eigenvalue weighted by molar-refractivity contribution is 5.94. The maximum absolute atomic E-state index is 11.7. The number of aromatic nitrogens is 2. The van der Waals surface area contributed by atoms with Crippen LogP contribution in [0, 0.1) is 18.3 Å². The van der Waals surface area contributed by atoms with Gasteiger partial charge >= 0.3 is 5.97 Å². The van der Waals surface area contributed by atoms with Crippen molar-refractivity contribution in [3.8, 4) is 17.2 Å². The minimum Gasteiger partial charge on any atom is -0.478 e. The number of fused-ring (bicyclic) bond motifs is 3. The summed E-state index contributed by atoms with van der Waals surface area (Å²) < 4.78 is 2.09. The van der Waals surface area contributed by atoms with Gasteiger partial charge in [0.2, 0.25) is 0 Å². The van der Waals surface area contributed by atoms with E-state index in [0.717, 1.165) is 52.9 Å². The Labute approximate surface area is 192 Å². The molecule has 7 nitrogen and oxygen atoms in total. The summed E-state index contributed by atoms with van der Waals surface area (Å²) in [5.74, 6) is -0.0213. The molecule has 166 valence electrons. The zero-order chi connectivity index (χ0) is 23.3. The van der Waals surface area contributed by atoms with E-state index in [0.29, 0.717) is 11.2 Å². The molecule has 0 radical (unpaired) electrons.